The first-order chi connectivity index (χ1) is 17.3. The quantitative estimate of drug-likeness (QED) is 0.430. The smallest absolute Gasteiger partial charge is 0.299 e. The molecule has 14 heteroatoms. The molecule has 0 amide bonds. The van der Waals surface area contributed by atoms with E-state index in [1.165, 1.54) is 6.07 Å². The van der Waals surface area contributed by atoms with Crippen molar-refractivity contribution in [2.24, 2.45) is 13.0 Å². The molecule has 198 valence electrons. The van der Waals surface area contributed by atoms with Crippen molar-refractivity contribution in [2.75, 3.05) is 18.0 Å². The summed E-state index contributed by atoms with van der Waals surface area (Å²) in [7, 11) is -2.37. The van der Waals surface area contributed by atoms with E-state index in [2.05, 4.69) is 29.8 Å². The number of piperidine rings is 1. The maximum atomic E-state index is 13.4. The van der Waals surface area contributed by atoms with Gasteiger partial charge in [-0.05, 0) is 44.7 Å². The normalized spacial score (nSPS) is 18.5. The molecule has 2 fully saturated rings. The van der Waals surface area contributed by atoms with Gasteiger partial charge in [0.25, 0.3) is 12.1 Å². The summed E-state index contributed by atoms with van der Waals surface area (Å²) < 4.78 is 57.3. The second-order valence-corrected chi connectivity index (χ2v) is 12.9. The minimum absolute atomic E-state index is 0.0395. The van der Waals surface area contributed by atoms with Crippen molar-refractivity contribution in [3.8, 4) is 10.7 Å². The van der Waals surface area contributed by atoms with Crippen LogP contribution in [0.3, 0.4) is 0 Å². The van der Waals surface area contributed by atoms with E-state index in [0.29, 0.717) is 66.7 Å². The topological polar surface area (TPSA) is 118 Å². The number of halogens is 2. The lowest BCUT2D eigenvalue weighted by molar-refractivity contribution is 0.00653. The molecule has 2 aliphatic rings. The van der Waals surface area contributed by atoms with Crippen molar-refractivity contribution in [1.29, 1.82) is 0 Å². The fourth-order valence-corrected chi connectivity index (χ4v) is 6.94. The third-order valence-electron chi connectivity index (χ3n) is 7.13. The first-order valence-electron chi connectivity index (χ1n) is 11.9. The van der Waals surface area contributed by atoms with Crippen LogP contribution in [0, 0.1) is 12.5 Å². The summed E-state index contributed by atoms with van der Waals surface area (Å²) in [4.78, 5) is 5.48. The zero-order valence-electron chi connectivity index (χ0n) is 20.6. The van der Waals surface area contributed by atoms with Crippen LogP contribution >= 0.6 is 11.3 Å². The maximum Gasteiger partial charge on any atom is 0.299 e. The van der Waals surface area contributed by atoms with Crippen LogP contribution in [-0.4, -0.2) is 57.9 Å². The summed E-state index contributed by atoms with van der Waals surface area (Å²) in [6.07, 6.45) is -0.486. The van der Waals surface area contributed by atoms with E-state index >= 15 is 0 Å². The number of benzene rings is 1. The number of aliphatic hydroxyl groups is 1. The van der Waals surface area contributed by atoms with Crippen LogP contribution in [0.2, 0.25) is 0 Å². The van der Waals surface area contributed by atoms with Gasteiger partial charge < -0.3 is 10.0 Å². The SMILES string of the molecule is [C-]#[N+]C1(NS(=O)(=O)c2cc(N3CCC(C(C)(C)O)CC3)c3c(c2)c(-c2nnc(C(F)F)s2)nn3C)CC1. The van der Waals surface area contributed by atoms with Crippen molar-refractivity contribution in [3.05, 3.63) is 28.6 Å². The molecule has 0 atom stereocenters. The Morgan fingerprint density at radius 1 is 1.27 bits per heavy atom. The summed E-state index contributed by atoms with van der Waals surface area (Å²) in [6, 6.07) is 3.03. The lowest BCUT2D eigenvalue weighted by Crippen LogP contribution is -2.42. The molecular weight excluding hydrogens is 524 g/mol. The van der Waals surface area contributed by atoms with Gasteiger partial charge in [0, 0.05) is 25.5 Å². The summed E-state index contributed by atoms with van der Waals surface area (Å²) in [6.45, 7) is 12.1. The molecule has 0 spiro atoms. The standard InChI is InChI=1S/C23H27F2N7O3S2/c1-22(2,33)13-5-9-32(10-6-13)16-12-14(37(34,35)30-23(26-3)7-8-23)11-15-17(29-31(4)18(15)16)20-27-28-21(36-20)19(24)25/h11-13,19,30,33H,5-10H2,1-2,4H3. The van der Waals surface area contributed by atoms with E-state index in [1.807, 2.05) is 0 Å². The number of anilines is 1. The largest absolute Gasteiger partial charge is 0.390 e. The van der Waals surface area contributed by atoms with Gasteiger partial charge in [-0.2, -0.15) is 5.10 Å². The number of hydrogen-bond acceptors (Lipinski definition) is 8. The highest BCUT2D eigenvalue weighted by Crippen LogP contribution is 2.42. The van der Waals surface area contributed by atoms with Crippen LogP contribution < -0.4 is 9.62 Å². The Labute approximate surface area is 217 Å². The zero-order valence-corrected chi connectivity index (χ0v) is 22.2. The number of nitrogens with zero attached hydrogens (tertiary/aromatic N) is 6. The fourth-order valence-electron chi connectivity index (χ4n) is 4.83. The highest BCUT2D eigenvalue weighted by atomic mass is 32.2. The van der Waals surface area contributed by atoms with Crippen LogP contribution in [0.1, 0.15) is 51.0 Å². The molecule has 3 heterocycles. The fraction of sp³-hybridized carbons (Fsp3) is 0.565. The van der Waals surface area contributed by atoms with Crippen molar-refractivity contribution < 1.29 is 22.3 Å². The molecule has 0 bridgehead atoms. The molecule has 1 saturated heterocycles. The molecule has 0 unspecified atom stereocenters. The number of hydrogen-bond donors (Lipinski definition) is 2. The minimum atomic E-state index is -4.07. The lowest BCUT2D eigenvalue weighted by Gasteiger charge is -2.39. The second-order valence-electron chi connectivity index (χ2n) is 10.2. The number of rotatable bonds is 7. The van der Waals surface area contributed by atoms with E-state index in [9.17, 15) is 22.3 Å². The molecule has 2 N–H and O–H groups in total. The van der Waals surface area contributed by atoms with E-state index in [0.717, 1.165) is 0 Å². The lowest BCUT2D eigenvalue weighted by atomic mass is 9.83. The van der Waals surface area contributed by atoms with E-state index in [-0.39, 0.29) is 21.5 Å². The van der Waals surface area contributed by atoms with Crippen molar-refractivity contribution in [2.45, 2.75) is 62.1 Å². The Balaban J connectivity index is 1.64. The van der Waals surface area contributed by atoms with Crippen LogP contribution in [0.5, 0.6) is 0 Å². The third kappa shape index (κ3) is 4.81. The zero-order chi connectivity index (χ0) is 26.8. The van der Waals surface area contributed by atoms with Crippen LogP contribution in [-0.2, 0) is 17.1 Å². The second kappa shape index (κ2) is 8.93. The van der Waals surface area contributed by atoms with Gasteiger partial charge in [0.1, 0.15) is 5.69 Å². The third-order valence-corrected chi connectivity index (χ3v) is 9.57. The first kappa shape index (κ1) is 25.9. The molecule has 5 rings (SSSR count). The van der Waals surface area contributed by atoms with Crippen molar-refractivity contribution in [3.63, 3.8) is 0 Å². The molecule has 10 nitrogen and oxygen atoms in total. The van der Waals surface area contributed by atoms with Gasteiger partial charge in [0.15, 0.2) is 10.0 Å². The van der Waals surface area contributed by atoms with Gasteiger partial charge in [-0.3, -0.25) is 9.53 Å². The van der Waals surface area contributed by atoms with Gasteiger partial charge in [-0.15, -0.1) is 14.9 Å². The van der Waals surface area contributed by atoms with Crippen molar-refractivity contribution >= 4 is 38.0 Å². The first-order valence-corrected chi connectivity index (χ1v) is 14.2. The molecule has 2 aromatic heterocycles. The molecule has 1 aromatic carbocycles. The summed E-state index contributed by atoms with van der Waals surface area (Å²) >= 11 is 0.709. The predicted octanol–water partition coefficient (Wildman–Crippen LogP) is 3.70. The molecule has 1 aliphatic carbocycles. The number of fused-ring (bicyclic) bond motifs is 1. The molecule has 0 radical (unpaired) electrons. The summed E-state index contributed by atoms with van der Waals surface area (Å²) in [5.74, 6) is 0.0949. The number of aromatic nitrogens is 4. The van der Waals surface area contributed by atoms with Crippen LogP contribution in [0.15, 0.2) is 17.0 Å². The molecule has 1 saturated carbocycles. The monoisotopic (exact) mass is 551 g/mol. The van der Waals surface area contributed by atoms with Gasteiger partial charge in [-0.25, -0.2) is 23.8 Å². The average molecular weight is 552 g/mol. The van der Waals surface area contributed by atoms with E-state index < -0.39 is 32.7 Å². The Hall–Kier alpha value is -2.73. The van der Waals surface area contributed by atoms with Gasteiger partial charge in [-0.1, -0.05) is 11.3 Å². The highest BCUT2D eigenvalue weighted by molar-refractivity contribution is 7.89. The van der Waals surface area contributed by atoms with Crippen molar-refractivity contribution in [1.82, 2.24) is 24.7 Å². The number of alkyl halides is 2. The molecule has 37 heavy (non-hydrogen) atoms. The summed E-state index contributed by atoms with van der Waals surface area (Å²) in [5, 5.41) is 22.6. The Morgan fingerprint density at radius 3 is 2.49 bits per heavy atom. The number of nitrogens with one attached hydrogen (secondary N) is 1. The van der Waals surface area contributed by atoms with E-state index in [4.69, 9.17) is 6.57 Å². The molecular formula is C23H27F2N7O3S2. The van der Waals surface area contributed by atoms with Gasteiger partial charge >= 0.3 is 0 Å². The van der Waals surface area contributed by atoms with Crippen LogP contribution in [0.25, 0.3) is 26.4 Å². The number of aryl methyl sites for hydroxylation is 1. The minimum Gasteiger partial charge on any atom is -0.390 e. The van der Waals surface area contributed by atoms with Gasteiger partial charge in [0.2, 0.25) is 10.0 Å². The Morgan fingerprint density at radius 2 is 1.95 bits per heavy atom. The molecule has 3 aromatic rings. The average Bonchev–Trinajstić information content (AvgIpc) is 3.27. The van der Waals surface area contributed by atoms with Crippen LogP contribution in [0.4, 0.5) is 14.5 Å². The van der Waals surface area contributed by atoms with Gasteiger partial charge in [0.05, 0.1) is 34.5 Å². The predicted molar refractivity (Wildman–Crippen MR) is 135 cm³/mol. The summed E-state index contributed by atoms with van der Waals surface area (Å²) in [5.41, 5.74) is -0.426. The van der Waals surface area contributed by atoms with E-state index in [1.54, 1.807) is 31.6 Å². The maximum absolute atomic E-state index is 13.4. The highest BCUT2D eigenvalue weighted by Gasteiger charge is 2.54. The number of sulfonamides is 1. The Bertz CT molecular complexity index is 1490. The Kier molecular flexibility index (Phi) is 6.25. The molecule has 1 aliphatic heterocycles.